The summed E-state index contributed by atoms with van der Waals surface area (Å²) in [6.45, 7) is 2.73. The van der Waals surface area contributed by atoms with Gasteiger partial charge in [-0.15, -0.1) is 0 Å². The van der Waals surface area contributed by atoms with E-state index in [1.54, 1.807) is 0 Å². The van der Waals surface area contributed by atoms with Crippen LogP contribution in [0.1, 0.15) is 52.4 Å². The molecule has 0 unspecified atom stereocenters. The Hall–Kier alpha value is -2.71. The number of methoxy groups -OCH3 is 2. The minimum Gasteiger partial charge on any atom is -0.466 e. The first-order valence-corrected chi connectivity index (χ1v) is 10.4. The second kappa shape index (κ2) is 8.43. The van der Waals surface area contributed by atoms with Crippen LogP contribution in [0.3, 0.4) is 0 Å². The molecule has 31 heavy (non-hydrogen) atoms. The molecule has 2 fully saturated rings. The topological polar surface area (TPSA) is 122 Å². The lowest BCUT2D eigenvalue weighted by molar-refractivity contribution is -0.164. The van der Waals surface area contributed by atoms with E-state index in [0.29, 0.717) is 32.0 Å². The van der Waals surface area contributed by atoms with Gasteiger partial charge in [-0.2, -0.15) is 0 Å². The number of hydrogen-bond donors (Lipinski definition) is 0. The number of rotatable bonds is 7. The summed E-state index contributed by atoms with van der Waals surface area (Å²) in [4.78, 5) is 62.4. The highest BCUT2D eigenvalue weighted by molar-refractivity contribution is 6.07. The Balaban J connectivity index is 2.08. The lowest BCUT2D eigenvalue weighted by Crippen LogP contribution is -2.38. The molecule has 3 rings (SSSR count). The van der Waals surface area contributed by atoms with Crippen molar-refractivity contribution in [1.29, 1.82) is 0 Å². The van der Waals surface area contributed by atoms with Gasteiger partial charge in [0.25, 0.3) is 0 Å². The van der Waals surface area contributed by atoms with E-state index in [0.717, 1.165) is 12.8 Å². The number of hydrogen-bond acceptors (Lipinski definition) is 9. The van der Waals surface area contributed by atoms with Crippen LogP contribution in [0, 0.1) is 16.7 Å². The highest BCUT2D eigenvalue weighted by atomic mass is 16.6. The quantitative estimate of drug-likeness (QED) is 0.333. The summed E-state index contributed by atoms with van der Waals surface area (Å²) < 4.78 is 19.9. The standard InChI is InChI=1S/C22H28O9/c1-12(17(24)28-3)30-19(26)15-16(20(27)31-13(2)18(25)29-4)22-8-5-6-14(22)7-9-21(15,10-22)11-23/h11-14H,5-10H2,1-4H3/t12-,13-,14-,21+,22+/m0/s1. The highest BCUT2D eigenvalue weighted by Gasteiger charge is 2.65. The van der Waals surface area contributed by atoms with Crippen LogP contribution in [-0.4, -0.2) is 56.6 Å². The van der Waals surface area contributed by atoms with E-state index in [-0.39, 0.29) is 17.1 Å². The van der Waals surface area contributed by atoms with Crippen LogP contribution in [0.5, 0.6) is 0 Å². The molecule has 2 saturated carbocycles. The fraction of sp³-hybridized carbons (Fsp3) is 0.682. The zero-order valence-corrected chi connectivity index (χ0v) is 18.2. The third-order valence-electron chi connectivity index (χ3n) is 7.04. The third-order valence-corrected chi connectivity index (χ3v) is 7.04. The lowest BCUT2D eigenvalue weighted by Gasteiger charge is -2.41. The molecule has 0 aromatic rings. The number of fused-ring (bicyclic) bond motifs is 1. The normalized spacial score (nSPS) is 30.6. The van der Waals surface area contributed by atoms with Gasteiger partial charge in [-0.3, -0.25) is 0 Å². The van der Waals surface area contributed by atoms with Gasteiger partial charge in [0.2, 0.25) is 0 Å². The molecule has 170 valence electrons. The van der Waals surface area contributed by atoms with Crippen LogP contribution < -0.4 is 0 Å². The average Bonchev–Trinajstić information content (AvgIpc) is 3.28. The van der Waals surface area contributed by atoms with Gasteiger partial charge in [0.1, 0.15) is 6.29 Å². The molecule has 0 saturated heterocycles. The van der Waals surface area contributed by atoms with Gasteiger partial charge in [-0.05, 0) is 51.9 Å². The van der Waals surface area contributed by atoms with Crippen molar-refractivity contribution >= 4 is 30.2 Å². The molecule has 3 aliphatic carbocycles. The van der Waals surface area contributed by atoms with Crippen LogP contribution in [-0.2, 0) is 42.9 Å². The van der Waals surface area contributed by atoms with Crippen LogP contribution in [0.2, 0.25) is 0 Å². The molecule has 0 amide bonds. The predicted octanol–water partition coefficient (Wildman–Crippen LogP) is 1.66. The van der Waals surface area contributed by atoms with Crippen molar-refractivity contribution in [3.05, 3.63) is 11.1 Å². The zero-order chi connectivity index (χ0) is 23.0. The number of aldehydes is 1. The first-order chi connectivity index (χ1) is 14.7. The van der Waals surface area contributed by atoms with E-state index in [9.17, 15) is 24.0 Å². The molecule has 0 aromatic heterocycles. The Morgan fingerprint density at radius 1 is 0.903 bits per heavy atom. The van der Waals surface area contributed by atoms with Gasteiger partial charge in [-0.1, -0.05) is 6.42 Å². The van der Waals surface area contributed by atoms with E-state index >= 15 is 0 Å². The summed E-state index contributed by atoms with van der Waals surface area (Å²) in [7, 11) is 2.35. The summed E-state index contributed by atoms with van der Waals surface area (Å²) in [6.07, 6.45) is 2.10. The van der Waals surface area contributed by atoms with Crippen LogP contribution in [0.25, 0.3) is 0 Å². The largest absolute Gasteiger partial charge is 0.466 e. The van der Waals surface area contributed by atoms with E-state index < -0.39 is 46.9 Å². The lowest BCUT2D eigenvalue weighted by atomic mass is 9.62. The second-order valence-corrected chi connectivity index (χ2v) is 8.63. The zero-order valence-electron chi connectivity index (χ0n) is 18.2. The van der Waals surface area contributed by atoms with Crippen LogP contribution in [0.4, 0.5) is 0 Å². The maximum atomic E-state index is 13.3. The molecule has 0 N–H and O–H groups in total. The summed E-state index contributed by atoms with van der Waals surface area (Å²) in [5.41, 5.74) is -1.81. The van der Waals surface area contributed by atoms with Gasteiger partial charge in [0, 0.05) is 5.41 Å². The molecule has 1 spiro atoms. The van der Waals surface area contributed by atoms with Crippen molar-refractivity contribution in [1.82, 2.24) is 0 Å². The summed E-state index contributed by atoms with van der Waals surface area (Å²) in [5, 5.41) is 0. The third kappa shape index (κ3) is 3.64. The minimum atomic E-state index is -1.21. The molecule has 0 aliphatic heterocycles. The van der Waals surface area contributed by atoms with Gasteiger partial charge in [-0.25, -0.2) is 19.2 Å². The maximum Gasteiger partial charge on any atom is 0.346 e. The van der Waals surface area contributed by atoms with Gasteiger partial charge >= 0.3 is 23.9 Å². The Morgan fingerprint density at radius 3 is 1.97 bits per heavy atom. The SMILES string of the molecule is COC(=O)[C@H](C)OC(=O)C1=C(C(=O)O[C@@H](C)C(=O)OC)[C@@]23CCC[C@H]2CC[C@]1(C=O)C3. The van der Waals surface area contributed by atoms with Crippen molar-refractivity contribution < 1.29 is 42.9 Å². The Bertz CT molecular complexity index is 844. The summed E-state index contributed by atoms with van der Waals surface area (Å²) >= 11 is 0. The first-order valence-electron chi connectivity index (χ1n) is 10.4. The molecular formula is C22H28O9. The molecule has 2 bridgehead atoms. The van der Waals surface area contributed by atoms with Gasteiger partial charge < -0.3 is 23.7 Å². The maximum absolute atomic E-state index is 13.3. The van der Waals surface area contributed by atoms with Crippen molar-refractivity contribution in [3.63, 3.8) is 0 Å². The van der Waals surface area contributed by atoms with Crippen molar-refractivity contribution in [2.45, 2.75) is 64.6 Å². The Morgan fingerprint density at radius 2 is 1.45 bits per heavy atom. The van der Waals surface area contributed by atoms with Crippen LogP contribution in [0.15, 0.2) is 11.1 Å². The minimum absolute atomic E-state index is 0.0512. The summed E-state index contributed by atoms with van der Waals surface area (Å²) in [5.74, 6) is -3.10. The number of ether oxygens (including phenoxy) is 4. The van der Waals surface area contributed by atoms with E-state index in [4.69, 9.17) is 9.47 Å². The number of carbonyl (C=O) groups excluding carboxylic acids is 5. The molecule has 3 aliphatic rings. The first kappa shape index (κ1) is 23.0. The van der Waals surface area contributed by atoms with Crippen molar-refractivity contribution in [2.24, 2.45) is 16.7 Å². The Kier molecular flexibility index (Phi) is 6.25. The molecule has 9 nitrogen and oxygen atoms in total. The summed E-state index contributed by atoms with van der Waals surface area (Å²) in [6, 6.07) is 0. The number of carbonyl (C=O) groups is 5. The fourth-order valence-electron chi connectivity index (χ4n) is 5.65. The van der Waals surface area contributed by atoms with E-state index in [1.807, 2.05) is 0 Å². The molecule has 5 atom stereocenters. The van der Waals surface area contributed by atoms with Crippen molar-refractivity contribution in [3.8, 4) is 0 Å². The van der Waals surface area contributed by atoms with Crippen molar-refractivity contribution in [2.75, 3.05) is 14.2 Å². The number of esters is 4. The fourth-order valence-corrected chi connectivity index (χ4v) is 5.65. The van der Waals surface area contributed by atoms with Gasteiger partial charge in [0.15, 0.2) is 12.2 Å². The highest BCUT2D eigenvalue weighted by Crippen LogP contribution is 2.68. The van der Waals surface area contributed by atoms with Gasteiger partial charge in [0.05, 0.1) is 30.8 Å². The average molecular weight is 436 g/mol. The van der Waals surface area contributed by atoms with E-state index in [1.165, 1.54) is 28.1 Å². The monoisotopic (exact) mass is 436 g/mol. The second-order valence-electron chi connectivity index (χ2n) is 8.63. The van der Waals surface area contributed by atoms with Crippen LogP contribution >= 0.6 is 0 Å². The van der Waals surface area contributed by atoms with E-state index in [2.05, 4.69) is 9.47 Å². The molecular weight excluding hydrogens is 408 g/mol. The molecule has 0 radical (unpaired) electrons. The molecule has 9 heteroatoms. The Labute approximate surface area is 180 Å². The smallest absolute Gasteiger partial charge is 0.346 e. The predicted molar refractivity (Wildman–Crippen MR) is 104 cm³/mol. The molecule has 0 heterocycles. The molecule has 0 aromatic carbocycles.